The van der Waals surface area contributed by atoms with E-state index < -0.39 is 65.5 Å². The van der Waals surface area contributed by atoms with Crippen molar-refractivity contribution in [3.05, 3.63) is 33.9 Å². The molecule has 0 fully saturated rings. The van der Waals surface area contributed by atoms with Crippen LogP contribution >= 0.6 is 69.6 Å². The highest BCUT2D eigenvalue weighted by Crippen LogP contribution is 2.38. The summed E-state index contributed by atoms with van der Waals surface area (Å²) in [5, 5.41) is 0. The van der Waals surface area contributed by atoms with E-state index in [2.05, 4.69) is 0 Å². The van der Waals surface area contributed by atoms with E-state index in [-0.39, 0.29) is 11.1 Å². The third-order valence-corrected chi connectivity index (χ3v) is 5.12. The fourth-order valence-electron chi connectivity index (χ4n) is 2.63. The van der Waals surface area contributed by atoms with Gasteiger partial charge in [-0.05, 0) is 13.0 Å². The van der Waals surface area contributed by atoms with Gasteiger partial charge in [-0.25, -0.2) is 0 Å². The van der Waals surface area contributed by atoms with Crippen LogP contribution in [0, 0.1) is 5.41 Å². The third-order valence-electron chi connectivity index (χ3n) is 3.96. The normalized spacial score (nSPS) is 12.1. The Labute approximate surface area is 203 Å². The molecule has 11 heteroatoms. The molecule has 0 amide bonds. The molecule has 0 bridgehead atoms. The van der Waals surface area contributed by atoms with Gasteiger partial charge in [-0.2, -0.15) is 0 Å². The summed E-state index contributed by atoms with van der Waals surface area (Å²) in [6.45, 7) is 5.72. The summed E-state index contributed by atoms with van der Waals surface area (Å²) in [5.74, 6) is -5.25. The summed E-state index contributed by atoms with van der Waals surface area (Å²) in [6, 6.07) is 1.02. The first kappa shape index (κ1) is 27.3. The second-order valence-corrected chi connectivity index (χ2v) is 10.9. The predicted octanol–water partition coefficient (Wildman–Crippen LogP) is 6.08. The molecule has 0 N–H and O–H groups in total. The molecular formula is C19H16Cl6O5. The molecule has 0 aliphatic carbocycles. The number of rotatable bonds is 7. The minimum absolute atomic E-state index is 0.313. The summed E-state index contributed by atoms with van der Waals surface area (Å²) in [4.78, 5) is 62.1. The molecule has 164 valence electrons. The molecule has 0 atom stereocenters. The molecule has 0 spiro atoms. The van der Waals surface area contributed by atoms with Crippen LogP contribution < -0.4 is 0 Å². The van der Waals surface area contributed by atoms with Crippen molar-refractivity contribution in [1.82, 2.24) is 0 Å². The molecule has 0 saturated heterocycles. The van der Waals surface area contributed by atoms with Crippen molar-refractivity contribution in [2.45, 2.75) is 36.3 Å². The molecule has 0 aliphatic heterocycles. The Bertz CT molecular complexity index is 938. The molecule has 1 rings (SSSR count). The minimum atomic E-state index is -2.60. The smallest absolute Gasteiger partial charge is 0.253 e. The number of alkyl halides is 6. The van der Waals surface area contributed by atoms with Crippen molar-refractivity contribution in [2.75, 3.05) is 5.88 Å². The van der Waals surface area contributed by atoms with E-state index in [1.54, 1.807) is 0 Å². The van der Waals surface area contributed by atoms with Gasteiger partial charge in [0.25, 0.3) is 3.79 Å². The van der Waals surface area contributed by atoms with Gasteiger partial charge in [0.1, 0.15) is 0 Å². The molecular weight excluding hydrogens is 521 g/mol. The highest BCUT2D eigenvalue weighted by molar-refractivity contribution is 6.77. The van der Waals surface area contributed by atoms with Crippen LogP contribution in [0.3, 0.4) is 0 Å². The summed E-state index contributed by atoms with van der Waals surface area (Å²) in [5.41, 5.74) is -3.64. The number of carbonyl (C=O) groups excluding carboxylic acids is 5. The van der Waals surface area contributed by atoms with Gasteiger partial charge in [0, 0.05) is 33.2 Å². The monoisotopic (exact) mass is 534 g/mol. The van der Waals surface area contributed by atoms with Crippen molar-refractivity contribution in [3.8, 4) is 0 Å². The lowest BCUT2D eigenvalue weighted by atomic mass is 9.78. The van der Waals surface area contributed by atoms with Gasteiger partial charge in [0.2, 0.25) is 5.78 Å². The van der Waals surface area contributed by atoms with Gasteiger partial charge < -0.3 is 0 Å². The summed E-state index contributed by atoms with van der Waals surface area (Å²) < 4.78 is -2.60. The highest BCUT2D eigenvalue weighted by atomic mass is 35.6. The van der Waals surface area contributed by atoms with E-state index in [4.69, 9.17) is 69.6 Å². The van der Waals surface area contributed by atoms with Crippen LogP contribution in [-0.2, 0) is 0 Å². The lowest BCUT2D eigenvalue weighted by Gasteiger charge is -2.24. The second-order valence-electron chi connectivity index (χ2n) is 7.28. The standard InChI is InChI=1S/C19H16Cl6O5/c1-7(26)8-5-9(15(29)18(2,3)4)12(16(30)19(23,24)25)13(14(28)17(21)22)11(8)10(27)6-20/h5,17H,6H2,1-4H3. The van der Waals surface area contributed by atoms with Crippen LogP contribution in [0.1, 0.15) is 79.5 Å². The maximum atomic E-state index is 13.1. The Balaban J connectivity index is 4.41. The van der Waals surface area contributed by atoms with E-state index in [1.165, 1.54) is 20.8 Å². The quantitative estimate of drug-likeness (QED) is 0.311. The average molecular weight is 537 g/mol. The topological polar surface area (TPSA) is 85.3 Å². The van der Waals surface area contributed by atoms with Gasteiger partial charge >= 0.3 is 0 Å². The first-order chi connectivity index (χ1) is 13.5. The minimum Gasteiger partial charge on any atom is -0.294 e. The zero-order valence-electron chi connectivity index (χ0n) is 16.2. The lowest BCUT2D eigenvalue weighted by Crippen LogP contribution is -2.32. The Morgan fingerprint density at radius 2 is 1.37 bits per heavy atom. The van der Waals surface area contributed by atoms with Gasteiger partial charge in [-0.1, -0.05) is 78.8 Å². The number of halogens is 6. The number of Topliss-reactive ketones (excluding diaryl/α,β-unsaturated/α-hetero) is 5. The fourth-order valence-corrected chi connectivity index (χ4v) is 3.27. The summed E-state index contributed by atoms with van der Waals surface area (Å²) >= 11 is 34.3. The van der Waals surface area contributed by atoms with Gasteiger partial charge in [0.05, 0.1) is 5.88 Å². The average Bonchev–Trinajstić information content (AvgIpc) is 2.61. The van der Waals surface area contributed by atoms with Gasteiger partial charge in [-0.3, -0.25) is 24.0 Å². The van der Waals surface area contributed by atoms with Crippen LogP contribution in [0.15, 0.2) is 6.07 Å². The number of carbonyl (C=O) groups is 5. The summed E-state index contributed by atoms with van der Waals surface area (Å²) in [6.07, 6.45) is 0. The Hall–Kier alpha value is -0.690. The number of benzene rings is 1. The Morgan fingerprint density at radius 1 is 0.867 bits per heavy atom. The molecule has 0 heterocycles. The van der Waals surface area contributed by atoms with Gasteiger partial charge in [-0.15, -0.1) is 11.6 Å². The van der Waals surface area contributed by atoms with E-state index in [0.29, 0.717) is 0 Å². The van der Waals surface area contributed by atoms with Crippen molar-refractivity contribution < 1.29 is 24.0 Å². The molecule has 0 aromatic heterocycles. The van der Waals surface area contributed by atoms with E-state index >= 15 is 0 Å². The van der Waals surface area contributed by atoms with Crippen molar-refractivity contribution in [2.24, 2.45) is 5.41 Å². The number of hydrogen-bond acceptors (Lipinski definition) is 5. The molecule has 1 aromatic rings. The maximum absolute atomic E-state index is 13.1. The molecule has 0 aliphatic rings. The zero-order chi connectivity index (χ0) is 23.8. The number of ketones is 5. The van der Waals surface area contributed by atoms with Gasteiger partial charge in [0.15, 0.2) is 28.0 Å². The number of hydrogen-bond donors (Lipinski definition) is 0. The molecule has 0 unspecified atom stereocenters. The SMILES string of the molecule is CC(=O)c1cc(C(=O)C(C)(C)C)c(C(=O)C(Cl)(Cl)Cl)c(C(=O)C(Cl)Cl)c1C(=O)CCl. The molecule has 0 saturated carbocycles. The fraction of sp³-hybridized carbons (Fsp3) is 0.421. The van der Waals surface area contributed by atoms with Crippen LogP contribution in [0.2, 0.25) is 0 Å². The first-order valence-corrected chi connectivity index (χ1v) is 10.8. The van der Waals surface area contributed by atoms with E-state index in [0.717, 1.165) is 13.0 Å². The Kier molecular flexibility index (Phi) is 8.97. The van der Waals surface area contributed by atoms with E-state index in [1.807, 2.05) is 0 Å². The third kappa shape index (κ3) is 5.76. The predicted molar refractivity (Wildman–Crippen MR) is 120 cm³/mol. The van der Waals surface area contributed by atoms with Crippen molar-refractivity contribution in [3.63, 3.8) is 0 Å². The molecule has 30 heavy (non-hydrogen) atoms. The Morgan fingerprint density at radius 3 is 1.70 bits per heavy atom. The van der Waals surface area contributed by atoms with Crippen LogP contribution in [-0.4, -0.2) is 43.4 Å². The van der Waals surface area contributed by atoms with E-state index in [9.17, 15) is 24.0 Å². The van der Waals surface area contributed by atoms with Crippen LogP contribution in [0.4, 0.5) is 0 Å². The summed E-state index contributed by atoms with van der Waals surface area (Å²) in [7, 11) is 0. The zero-order valence-corrected chi connectivity index (χ0v) is 20.7. The van der Waals surface area contributed by atoms with Crippen molar-refractivity contribution in [1.29, 1.82) is 0 Å². The maximum Gasteiger partial charge on any atom is 0.253 e. The largest absolute Gasteiger partial charge is 0.294 e. The van der Waals surface area contributed by atoms with Crippen molar-refractivity contribution >= 4 is 98.5 Å². The molecule has 0 radical (unpaired) electrons. The highest BCUT2D eigenvalue weighted by Gasteiger charge is 2.42. The lowest BCUT2D eigenvalue weighted by molar-refractivity contribution is 0.0849. The van der Waals surface area contributed by atoms with Crippen LogP contribution in [0.5, 0.6) is 0 Å². The van der Waals surface area contributed by atoms with Crippen LogP contribution in [0.25, 0.3) is 0 Å². The second kappa shape index (κ2) is 9.85. The molecule has 1 aromatic carbocycles. The first-order valence-electron chi connectivity index (χ1n) is 8.26. The molecule has 5 nitrogen and oxygen atoms in total.